The molecule has 6 nitrogen and oxygen atoms in total. The predicted molar refractivity (Wildman–Crippen MR) is 115 cm³/mol. The number of amides is 1. The lowest BCUT2D eigenvalue weighted by Gasteiger charge is -2.46. The van der Waals surface area contributed by atoms with Gasteiger partial charge in [0.05, 0.1) is 5.41 Å². The molecule has 0 unspecified atom stereocenters. The third-order valence-corrected chi connectivity index (χ3v) is 10.6. The van der Waals surface area contributed by atoms with Crippen LogP contribution in [0.2, 0.25) is 0 Å². The number of likely N-dealkylation sites (tertiary alicyclic amines) is 2. The predicted octanol–water partition coefficient (Wildman–Crippen LogP) is 2.73. The molecule has 0 saturated carbocycles. The summed E-state index contributed by atoms with van der Waals surface area (Å²) in [5.74, 6) is 0.862. The van der Waals surface area contributed by atoms with Crippen molar-refractivity contribution in [3.05, 3.63) is 17.5 Å². The van der Waals surface area contributed by atoms with E-state index in [9.17, 15) is 13.2 Å². The Morgan fingerprint density at radius 1 is 1.14 bits per heavy atom. The summed E-state index contributed by atoms with van der Waals surface area (Å²) in [5, 5.41) is 1.81. The van der Waals surface area contributed by atoms with Gasteiger partial charge in [-0.2, -0.15) is 4.31 Å². The summed E-state index contributed by atoms with van der Waals surface area (Å²) in [6.45, 7) is 11.9. The number of carbonyl (C=O) groups excluding carboxylic acids is 1. The van der Waals surface area contributed by atoms with E-state index in [0.717, 1.165) is 52.0 Å². The van der Waals surface area contributed by atoms with Crippen LogP contribution in [0.5, 0.6) is 0 Å². The maximum absolute atomic E-state index is 13.5. The van der Waals surface area contributed by atoms with Gasteiger partial charge in [-0.05, 0) is 43.6 Å². The molecule has 3 aliphatic rings. The maximum atomic E-state index is 13.5. The summed E-state index contributed by atoms with van der Waals surface area (Å²) < 4.78 is 28.0. The first-order chi connectivity index (χ1) is 13.7. The highest BCUT2D eigenvalue weighted by Gasteiger charge is 2.65. The van der Waals surface area contributed by atoms with Crippen LogP contribution in [-0.4, -0.2) is 74.2 Å². The van der Waals surface area contributed by atoms with Crippen molar-refractivity contribution in [3.8, 4) is 0 Å². The van der Waals surface area contributed by atoms with Gasteiger partial charge in [0, 0.05) is 51.2 Å². The Labute approximate surface area is 178 Å². The number of hydrogen-bond donors (Lipinski definition) is 0. The lowest BCUT2D eigenvalue weighted by Crippen LogP contribution is -2.53. The van der Waals surface area contributed by atoms with Crippen LogP contribution in [0.15, 0.2) is 21.7 Å². The summed E-state index contributed by atoms with van der Waals surface area (Å²) in [5.41, 5.74) is -0.443. The van der Waals surface area contributed by atoms with Crippen LogP contribution < -0.4 is 0 Å². The Morgan fingerprint density at radius 2 is 1.86 bits per heavy atom. The van der Waals surface area contributed by atoms with Crippen molar-refractivity contribution in [2.75, 3.05) is 45.8 Å². The summed E-state index contributed by atoms with van der Waals surface area (Å²) in [6, 6.07) is 3.47. The summed E-state index contributed by atoms with van der Waals surface area (Å²) in [7, 11) is -3.42. The van der Waals surface area contributed by atoms with Crippen LogP contribution in [0.3, 0.4) is 0 Å². The molecule has 3 fully saturated rings. The number of rotatable bonds is 5. The monoisotopic (exact) mass is 439 g/mol. The molecular formula is C21H33N3O3S2. The van der Waals surface area contributed by atoms with E-state index in [-0.39, 0.29) is 10.8 Å². The van der Waals surface area contributed by atoms with Crippen molar-refractivity contribution < 1.29 is 13.2 Å². The molecule has 0 bridgehead atoms. The number of sulfonamides is 1. The van der Waals surface area contributed by atoms with Crippen LogP contribution in [-0.2, 0) is 14.8 Å². The second-order valence-corrected chi connectivity index (χ2v) is 12.5. The van der Waals surface area contributed by atoms with Gasteiger partial charge in [-0.3, -0.25) is 4.79 Å². The Hall–Kier alpha value is -0.960. The average molecular weight is 440 g/mol. The highest BCUT2D eigenvalue weighted by Crippen LogP contribution is 2.58. The molecule has 4 rings (SSSR count). The maximum Gasteiger partial charge on any atom is 0.252 e. The van der Waals surface area contributed by atoms with E-state index in [1.807, 2.05) is 10.3 Å². The van der Waals surface area contributed by atoms with Crippen LogP contribution in [0.1, 0.15) is 40.0 Å². The summed E-state index contributed by atoms with van der Waals surface area (Å²) in [4.78, 5) is 18.0. The molecule has 3 saturated heterocycles. The molecule has 1 aromatic heterocycles. The fraction of sp³-hybridized carbons (Fsp3) is 0.762. The Morgan fingerprint density at radius 3 is 2.41 bits per heavy atom. The molecule has 29 heavy (non-hydrogen) atoms. The first-order valence-electron chi connectivity index (χ1n) is 10.8. The number of thiophene rings is 1. The highest BCUT2D eigenvalue weighted by atomic mass is 32.2. The molecule has 0 aromatic carbocycles. The molecule has 162 valence electrons. The van der Waals surface area contributed by atoms with E-state index in [2.05, 4.69) is 25.7 Å². The smallest absolute Gasteiger partial charge is 0.252 e. The van der Waals surface area contributed by atoms with E-state index in [0.29, 0.717) is 29.1 Å². The van der Waals surface area contributed by atoms with Crippen LogP contribution >= 0.6 is 11.3 Å². The van der Waals surface area contributed by atoms with Crippen molar-refractivity contribution in [1.29, 1.82) is 0 Å². The lowest BCUT2D eigenvalue weighted by molar-refractivity contribution is -0.141. The van der Waals surface area contributed by atoms with Gasteiger partial charge in [-0.15, -0.1) is 11.3 Å². The van der Waals surface area contributed by atoms with E-state index in [4.69, 9.17) is 0 Å². The number of hydrogen-bond acceptors (Lipinski definition) is 5. The Kier molecular flexibility index (Phi) is 5.59. The van der Waals surface area contributed by atoms with Gasteiger partial charge in [0.2, 0.25) is 5.91 Å². The van der Waals surface area contributed by atoms with Crippen molar-refractivity contribution in [2.45, 2.75) is 44.2 Å². The summed E-state index contributed by atoms with van der Waals surface area (Å²) >= 11 is 1.28. The van der Waals surface area contributed by atoms with E-state index in [1.54, 1.807) is 16.4 Å². The van der Waals surface area contributed by atoms with E-state index >= 15 is 0 Å². The molecule has 2 spiro atoms. The van der Waals surface area contributed by atoms with Gasteiger partial charge in [-0.25, -0.2) is 8.42 Å². The lowest BCUT2D eigenvalue weighted by atomic mass is 9.60. The Balaban J connectivity index is 1.59. The third-order valence-electron chi connectivity index (χ3n) is 7.31. The molecular weight excluding hydrogens is 406 g/mol. The van der Waals surface area contributed by atoms with E-state index in [1.165, 1.54) is 11.3 Å². The number of fused-ring (bicyclic) bond motifs is 1. The number of piperidine rings is 1. The average Bonchev–Trinajstić information content (AvgIpc) is 3.37. The molecule has 0 radical (unpaired) electrons. The number of nitrogens with zero attached hydrogens (tertiary/aromatic N) is 3. The topological polar surface area (TPSA) is 60.9 Å². The minimum Gasteiger partial charge on any atom is -0.342 e. The first-order valence-corrected chi connectivity index (χ1v) is 13.1. The van der Waals surface area contributed by atoms with E-state index < -0.39 is 10.0 Å². The fourth-order valence-electron chi connectivity index (χ4n) is 5.94. The van der Waals surface area contributed by atoms with Crippen LogP contribution in [0, 0.1) is 16.7 Å². The normalized spacial score (nSPS) is 28.4. The highest BCUT2D eigenvalue weighted by molar-refractivity contribution is 7.91. The largest absolute Gasteiger partial charge is 0.342 e. The van der Waals surface area contributed by atoms with Gasteiger partial charge in [0.25, 0.3) is 10.0 Å². The zero-order valence-electron chi connectivity index (χ0n) is 17.8. The molecule has 0 aliphatic carbocycles. The van der Waals surface area contributed by atoms with Gasteiger partial charge in [0.1, 0.15) is 4.21 Å². The quantitative estimate of drug-likeness (QED) is 0.708. The minimum absolute atomic E-state index is 0.107. The molecule has 1 amide bonds. The molecule has 4 heterocycles. The van der Waals surface area contributed by atoms with Crippen molar-refractivity contribution in [1.82, 2.24) is 14.1 Å². The van der Waals surface area contributed by atoms with Crippen LogP contribution in [0.25, 0.3) is 0 Å². The zero-order chi connectivity index (χ0) is 20.9. The molecule has 0 N–H and O–H groups in total. The van der Waals surface area contributed by atoms with Crippen LogP contribution in [0.4, 0.5) is 0 Å². The first kappa shape index (κ1) is 21.3. The third kappa shape index (κ3) is 3.36. The second kappa shape index (κ2) is 7.62. The summed E-state index contributed by atoms with van der Waals surface area (Å²) in [6.07, 6.45) is 2.46. The Bertz CT molecular complexity index is 845. The standard InChI is InChI=1S/C21H33N3O3S2/c1-4-23-10-9-21(19(23)25)16-22(14-17(2)3)15-20(21)7-11-24(12-8-20)29(26,27)18-6-5-13-28-18/h5-6,13,17H,4,7-12,14-16H2,1-3H3/t21-/m0/s1. The van der Waals surface area contributed by atoms with Gasteiger partial charge < -0.3 is 9.80 Å². The van der Waals surface area contributed by atoms with Crippen molar-refractivity contribution in [3.63, 3.8) is 0 Å². The number of carbonyl (C=O) groups is 1. The second-order valence-electron chi connectivity index (χ2n) is 9.40. The van der Waals surface area contributed by atoms with Crippen molar-refractivity contribution in [2.24, 2.45) is 16.7 Å². The minimum atomic E-state index is -3.42. The molecule has 1 atom stereocenters. The van der Waals surface area contributed by atoms with Crippen molar-refractivity contribution >= 4 is 27.3 Å². The van der Waals surface area contributed by atoms with Gasteiger partial charge in [-0.1, -0.05) is 19.9 Å². The molecule has 3 aliphatic heterocycles. The fourth-order valence-corrected chi connectivity index (χ4v) is 8.52. The molecule has 8 heteroatoms. The van der Waals surface area contributed by atoms with Gasteiger partial charge in [0.15, 0.2) is 0 Å². The molecule has 1 aromatic rings. The van der Waals surface area contributed by atoms with Gasteiger partial charge >= 0.3 is 0 Å². The SMILES string of the molecule is CCN1CC[C@]2(CN(CC(C)C)CC23CCN(S(=O)(=O)c2cccs2)CC3)C1=O. The zero-order valence-corrected chi connectivity index (χ0v) is 19.4.